The molecule has 1 atom stereocenters. The number of nitrogens with two attached hydrogens (primary N) is 1. The summed E-state index contributed by atoms with van der Waals surface area (Å²) in [4.78, 5) is 21.3. The molecule has 1 aromatic carbocycles. The van der Waals surface area contributed by atoms with E-state index in [0.29, 0.717) is 13.0 Å². The van der Waals surface area contributed by atoms with E-state index in [2.05, 4.69) is 5.32 Å². The van der Waals surface area contributed by atoms with E-state index < -0.39 is 10.7 Å². The highest BCUT2D eigenvalue weighted by molar-refractivity contribution is 5.90. The van der Waals surface area contributed by atoms with E-state index in [0.717, 1.165) is 12.1 Å². The molecule has 7 heteroatoms. The molecule has 19 heavy (non-hydrogen) atoms. The van der Waals surface area contributed by atoms with E-state index in [1.165, 1.54) is 6.07 Å². The van der Waals surface area contributed by atoms with Crippen LogP contribution in [0.1, 0.15) is 19.8 Å². The first-order valence-electron chi connectivity index (χ1n) is 5.88. The highest BCUT2D eigenvalue weighted by atomic mass is 19.1. The van der Waals surface area contributed by atoms with Gasteiger partial charge >= 0.3 is 0 Å². The van der Waals surface area contributed by atoms with Gasteiger partial charge in [-0.15, -0.1) is 0 Å². The third-order valence-electron chi connectivity index (χ3n) is 2.70. The topological polar surface area (TPSA) is 98.3 Å². The fourth-order valence-electron chi connectivity index (χ4n) is 1.43. The SMILES string of the molecule is CC(CN)CCC(=O)Nc1ccc([N+](=O)[O-])cc1F. The van der Waals surface area contributed by atoms with E-state index >= 15 is 0 Å². The summed E-state index contributed by atoms with van der Waals surface area (Å²) < 4.78 is 13.5. The molecule has 0 saturated heterocycles. The molecule has 1 rings (SSSR count). The molecule has 104 valence electrons. The van der Waals surface area contributed by atoms with Crippen LogP contribution in [0.4, 0.5) is 15.8 Å². The zero-order chi connectivity index (χ0) is 14.4. The van der Waals surface area contributed by atoms with Crippen molar-refractivity contribution in [2.75, 3.05) is 11.9 Å². The number of nitro benzene ring substituents is 1. The molecule has 0 heterocycles. The number of non-ortho nitro benzene ring substituents is 1. The second-order valence-electron chi connectivity index (χ2n) is 4.35. The lowest BCUT2D eigenvalue weighted by molar-refractivity contribution is -0.385. The second-order valence-corrected chi connectivity index (χ2v) is 4.35. The van der Waals surface area contributed by atoms with Gasteiger partial charge in [0.15, 0.2) is 5.82 Å². The summed E-state index contributed by atoms with van der Waals surface area (Å²) in [5.74, 6) is -0.949. The molecule has 6 nitrogen and oxygen atoms in total. The van der Waals surface area contributed by atoms with Gasteiger partial charge in [0.05, 0.1) is 16.7 Å². The van der Waals surface area contributed by atoms with Crippen LogP contribution >= 0.6 is 0 Å². The Kier molecular flexibility index (Phi) is 5.37. The zero-order valence-corrected chi connectivity index (χ0v) is 10.6. The number of carbonyl (C=O) groups excluding carboxylic acids is 1. The maximum atomic E-state index is 13.5. The third-order valence-corrected chi connectivity index (χ3v) is 2.70. The fourth-order valence-corrected chi connectivity index (χ4v) is 1.43. The lowest BCUT2D eigenvalue weighted by Crippen LogP contribution is -2.17. The van der Waals surface area contributed by atoms with Crippen LogP contribution in [-0.4, -0.2) is 17.4 Å². The number of carbonyl (C=O) groups is 1. The molecule has 3 N–H and O–H groups in total. The first-order valence-corrected chi connectivity index (χ1v) is 5.88. The summed E-state index contributed by atoms with van der Waals surface area (Å²) in [6, 6.07) is 3.09. The van der Waals surface area contributed by atoms with Gasteiger partial charge < -0.3 is 11.1 Å². The van der Waals surface area contributed by atoms with Gasteiger partial charge in [0.2, 0.25) is 5.91 Å². The summed E-state index contributed by atoms with van der Waals surface area (Å²) in [6.45, 7) is 2.40. The summed E-state index contributed by atoms with van der Waals surface area (Å²) in [7, 11) is 0. The molecule has 0 aliphatic carbocycles. The van der Waals surface area contributed by atoms with E-state index in [4.69, 9.17) is 5.73 Å². The standard InChI is InChI=1S/C12H16FN3O3/c1-8(7-14)2-5-12(17)15-11-4-3-9(16(18)19)6-10(11)13/h3-4,6,8H,2,5,7,14H2,1H3,(H,15,17). The molecule has 0 aromatic heterocycles. The molecule has 0 aliphatic heterocycles. The minimum Gasteiger partial charge on any atom is -0.330 e. The number of halogens is 1. The minimum absolute atomic E-state index is 0.0593. The van der Waals surface area contributed by atoms with Crippen LogP contribution in [0.2, 0.25) is 0 Å². The minimum atomic E-state index is -0.825. The summed E-state index contributed by atoms with van der Waals surface area (Å²) >= 11 is 0. The van der Waals surface area contributed by atoms with Gasteiger partial charge in [-0.3, -0.25) is 14.9 Å². The first kappa shape index (κ1) is 15.0. The average Bonchev–Trinajstić information content (AvgIpc) is 2.38. The van der Waals surface area contributed by atoms with Gasteiger partial charge in [0, 0.05) is 12.5 Å². The Labute approximate surface area is 109 Å². The molecule has 1 unspecified atom stereocenters. The Bertz CT molecular complexity index is 479. The van der Waals surface area contributed by atoms with Crippen molar-refractivity contribution in [1.82, 2.24) is 0 Å². The largest absolute Gasteiger partial charge is 0.330 e. The van der Waals surface area contributed by atoms with Gasteiger partial charge in [-0.1, -0.05) is 6.92 Å². The highest BCUT2D eigenvalue weighted by Crippen LogP contribution is 2.20. The summed E-state index contributed by atoms with van der Waals surface area (Å²) in [6.07, 6.45) is 0.839. The molecule has 0 fully saturated rings. The third kappa shape index (κ3) is 4.63. The van der Waals surface area contributed by atoms with Crippen molar-refractivity contribution in [3.63, 3.8) is 0 Å². The van der Waals surface area contributed by atoms with Crippen LogP contribution in [0.5, 0.6) is 0 Å². The van der Waals surface area contributed by atoms with E-state index in [-0.39, 0.29) is 29.6 Å². The number of nitrogens with one attached hydrogen (secondary N) is 1. The molecule has 0 bridgehead atoms. The van der Waals surface area contributed by atoms with Crippen LogP contribution in [0.25, 0.3) is 0 Å². The van der Waals surface area contributed by atoms with Crippen molar-refractivity contribution < 1.29 is 14.1 Å². The van der Waals surface area contributed by atoms with Crippen molar-refractivity contribution in [2.45, 2.75) is 19.8 Å². The van der Waals surface area contributed by atoms with Crippen molar-refractivity contribution in [2.24, 2.45) is 11.7 Å². The molecular weight excluding hydrogens is 253 g/mol. The van der Waals surface area contributed by atoms with Crippen LogP contribution in [0.3, 0.4) is 0 Å². The number of nitro groups is 1. The number of rotatable bonds is 6. The van der Waals surface area contributed by atoms with Gasteiger partial charge in [-0.05, 0) is 24.9 Å². The van der Waals surface area contributed by atoms with Crippen LogP contribution in [-0.2, 0) is 4.79 Å². The summed E-state index contributed by atoms with van der Waals surface area (Å²) in [5.41, 5.74) is 5.01. The Morgan fingerprint density at radius 1 is 1.58 bits per heavy atom. The molecule has 0 saturated carbocycles. The Hall–Kier alpha value is -2.02. The fraction of sp³-hybridized carbons (Fsp3) is 0.417. The maximum absolute atomic E-state index is 13.5. The Morgan fingerprint density at radius 3 is 2.79 bits per heavy atom. The lowest BCUT2D eigenvalue weighted by atomic mass is 10.1. The second kappa shape index (κ2) is 6.79. The van der Waals surface area contributed by atoms with Crippen LogP contribution in [0.15, 0.2) is 18.2 Å². The van der Waals surface area contributed by atoms with Gasteiger partial charge in [0.1, 0.15) is 0 Å². The molecule has 1 aromatic rings. The van der Waals surface area contributed by atoms with Crippen molar-refractivity contribution in [3.8, 4) is 0 Å². The number of benzene rings is 1. The number of amides is 1. The van der Waals surface area contributed by atoms with E-state index in [1.807, 2.05) is 6.92 Å². The number of anilines is 1. The normalized spacial score (nSPS) is 11.9. The number of hydrogen-bond acceptors (Lipinski definition) is 4. The Morgan fingerprint density at radius 2 is 2.26 bits per heavy atom. The van der Waals surface area contributed by atoms with Gasteiger partial charge in [-0.25, -0.2) is 4.39 Å². The van der Waals surface area contributed by atoms with Crippen LogP contribution < -0.4 is 11.1 Å². The predicted octanol–water partition coefficient (Wildman–Crippen LogP) is 2.05. The van der Waals surface area contributed by atoms with Crippen molar-refractivity contribution >= 4 is 17.3 Å². The molecular formula is C12H16FN3O3. The predicted molar refractivity (Wildman–Crippen MR) is 69.1 cm³/mol. The lowest BCUT2D eigenvalue weighted by Gasteiger charge is -2.09. The van der Waals surface area contributed by atoms with Crippen molar-refractivity contribution in [1.29, 1.82) is 0 Å². The van der Waals surface area contributed by atoms with Crippen molar-refractivity contribution in [3.05, 3.63) is 34.1 Å². The first-order chi connectivity index (χ1) is 8.93. The quantitative estimate of drug-likeness (QED) is 0.610. The van der Waals surface area contributed by atoms with Gasteiger partial charge in [0.25, 0.3) is 5.69 Å². The number of nitrogens with zero attached hydrogens (tertiary/aromatic N) is 1. The zero-order valence-electron chi connectivity index (χ0n) is 10.6. The number of hydrogen-bond donors (Lipinski definition) is 2. The van der Waals surface area contributed by atoms with E-state index in [1.54, 1.807) is 0 Å². The molecule has 0 radical (unpaired) electrons. The average molecular weight is 269 g/mol. The molecule has 0 spiro atoms. The Balaban J connectivity index is 2.62. The van der Waals surface area contributed by atoms with Gasteiger partial charge in [-0.2, -0.15) is 0 Å². The van der Waals surface area contributed by atoms with Crippen LogP contribution in [0, 0.1) is 21.8 Å². The molecule has 0 aliphatic rings. The van der Waals surface area contributed by atoms with E-state index in [9.17, 15) is 19.3 Å². The smallest absolute Gasteiger partial charge is 0.272 e. The monoisotopic (exact) mass is 269 g/mol. The maximum Gasteiger partial charge on any atom is 0.272 e. The highest BCUT2D eigenvalue weighted by Gasteiger charge is 2.13. The molecule has 1 amide bonds. The summed E-state index contributed by atoms with van der Waals surface area (Å²) in [5, 5.41) is 12.8.